The smallest absolute Gasteiger partial charge is 0.193 e. The molecule has 0 aliphatic rings. The van der Waals surface area contributed by atoms with Gasteiger partial charge in [-0.05, 0) is 50.9 Å². The molecule has 0 heterocycles. The van der Waals surface area contributed by atoms with Gasteiger partial charge >= 0.3 is 0 Å². The normalized spacial score (nSPS) is 10.8. The lowest BCUT2D eigenvalue weighted by Gasteiger charge is -2.13. The molecule has 35 heavy (non-hydrogen) atoms. The Labute approximate surface area is 207 Å². The maximum absolute atomic E-state index is 13.1. The Kier molecular flexibility index (Phi) is 8.02. The molecule has 0 atom stereocenters. The predicted molar refractivity (Wildman–Crippen MR) is 142 cm³/mol. The van der Waals surface area contributed by atoms with Gasteiger partial charge in [-0.15, -0.1) is 0 Å². The van der Waals surface area contributed by atoms with Crippen molar-refractivity contribution in [2.45, 2.75) is 26.7 Å². The number of nitrogens with one attached hydrogen (secondary N) is 1. The van der Waals surface area contributed by atoms with Gasteiger partial charge in [0, 0.05) is 22.3 Å². The summed E-state index contributed by atoms with van der Waals surface area (Å²) in [5.41, 5.74) is 7.35. The monoisotopic (exact) mass is 461 g/mol. The molecule has 0 radical (unpaired) electrons. The van der Waals surface area contributed by atoms with Gasteiger partial charge in [0.05, 0.1) is 0 Å². The van der Waals surface area contributed by atoms with Crippen molar-refractivity contribution in [1.82, 2.24) is 5.32 Å². The van der Waals surface area contributed by atoms with E-state index in [-0.39, 0.29) is 11.6 Å². The topological polar surface area (TPSA) is 46.2 Å². The second-order valence-corrected chi connectivity index (χ2v) is 8.96. The molecule has 0 aliphatic heterocycles. The van der Waals surface area contributed by atoms with Crippen LogP contribution < -0.4 is 5.32 Å². The van der Waals surface area contributed by atoms with Gasteiger partial charge in [0.25, 0.3) is 0 Å². The Hall–Kier alpha value is -3.82. The Morgan fingerprint density at radius 1 is 0.571 bits per heavy atom. The molecule has 4 rings (SSSR count). The van der Waals surface area contributed by atoms with E-state index in [1.165, 1.54) is 0 Å². The summed E-state index contributed by atoms with van der Waals surface area (Å²) in [6.07, 6.45) is 1.53. The molecule has 176 valence electrons. The molecule has 3 heteroatoms. The molecule has 1 N–H and O–H groups in total. The third-order valence-electron chi connectivity index (χ3n) is 6.22. The predicted octanol–water partition coefficient (Wildman–Crippen LogP) is 6.14. The van der Waals surface area contributed by atoms with Crippen molar-refractivity contribution in [3.05, 3.63) is 142 Å². The molecule has 0 fully saturated rings. The Balaban J connectivity index is 1.39. The zero-order valence-corrected chi connectivity index (χ0v) is 20.4. The van der Waals surface area contributed by atoms with Crippen molar-refractivity contribution in [3.63, 3.8) is 0 Å². The van der Waals surface area contributed by atoms with E-state index in [0.29, 0.717) is 11.1 Å². The highest BCUT2D eigenvalue weighted by molar-refractivity contribution is 6.10. The molecule has 0 aliphatic carbocycles. The SMILES string of the molecule is Cc1ccc(C(=O)c2ccccc2)c(CCNCCc2cc(C)ccc2C(=O)c2ccccc2)c1. The summed E-state index contributed by atoms with van der Waals surface area (Å²) in [5, 5.41) is 3.51. The molecule has 0 spiro atoms. The third kappa shape index (κ3) is 6.20. The molecule has 0 aromatic heterocycles. The summed E-state index contributed by atoms with van der Waals surface area (Å²) in [6.45, 7) is 5.62. The number of aryl methyl sites for hydroxylation is 2. The van der Waals surface area contributed by atoms with Crippen LogP contribution in [0.25, 0.3) is 0 Å². The van der Waals surface area contributed by atoms with Crippen molar-refractivity contribution in [2.24, 2.45) is 0 Å². The van der Waals surface area contributed by atoms with Crippen molar-refractivity contribution >= 4 is 11.6 Å². The average Bonchev–Trinajstić information content (AvgIpc) is 2.89. The zero-order valence-electron chi connectivity index (χ0n) is 20.4. The van der Waals surface area contributed by atoms with E-state index in [9.17, 15) is 9.59 Å². The summed E-state index contributed by atoms with van der Waals surface area (Å²) in [4.78, 5) is 26.1. The molecule has 3 nitrogen and oxygen atoms in total. The quantitative estimate of drug-likeness (QED) is 0.228. The lowest BCUT2D eigenvalue weighted by atomic mass is 9.94. The second-order valence-electron chi connectivity index (χ2n) is 8.96. The highest BCUT2D eigenvalue weighted by Gasteiger charge is 2.15. The molecule has 4 aromatic carbocycles. The van der Waals surface area contributed by atoms with E-state index >= 15 is 0 Å². The van der Waals surface area contributed by atoms with Crippen molar-refractivity contribution < 1.29 is 9.59 Å². The van der Waals surface area contributed by atoms with Gasteiger partial charge in [0.15, 0.2) is 11.6 Å². The van der Waals surface area contributed by atoms with Crippen LogP contribution in [0, 0.1) is 13.8 Å². The van der Waals surface area contributed by atoms with Crippen LogP contribution in [0.3, 0.4) is 0 Å². The van der Waals surface area contributed by atoms with E-state index in [4.69, 9.17) is 0 Å². The largest absolute Gasteiger partial charge is 0.316 e. The average molecular weight is 462 g/mol. The molecule has 0 saturated carbocycles. The number of rotatable bonds is 10. The number of benzene rings is 4. The molecule has 0 amide bonds. The molecule has 0 saturated heterocycles. The third-order valence-corrected chi connectivity index (χ3v) is 6.22. The van der Waals surface area contributed by atoms with Gasteiger partial charge in [-0.3, -0.25) is 9.59 Å². The maximum Gasteiger partial charge on any atom is 0.193 e. The molecule has 0 bridgehead atoms. The standard InChI is InChI=1S/C32H31NO2/c1-23-13-15-29(31(34)25-9-5-3-6-10-25)27(21-23)17-19-33-20-18-28-22-24(2)14-16-30(28)32(35)26-11-7-4-8-12-26/h3-16,21-22,33H,17-20H2,1-2H3. The van der Waals surface area contributed by atoms with E-state index in [1.807, 2.05) is 84.9 Å². The molecule has 0 unspecified atom stereocenters. The number of carbonyl (C=O) groups is 2. The lowest BCUT2D eigenvalue weighted by molar-refractivity contribution is 0.103. The van der Waals surface area contributed by atoms with Crippen molar-refractivity contribution in [2.75, 3.05) is 13.1 Å². The van der Waals surface area contributed by atoms with Gasteiger partial charge < -0.3 is 5.32 Å². The Morgan fingerprint density at radius 3 is 1.37 bits per heavy atom. The van der Waals surface area contributed by atoms with Crippen molar-refractivity contribution in [3.8, 4) is 0 Å². The van der Waals surface area contributed by atoms with Gasteiger partial charge in [0.2, 0.25) is 0 Å². The number of ketones is 2. The van der Waals surface area contributed by atoms with Crippen LogP contribution in [0.4, 0.5) is 0 Å². The zero-order chi connectivity index (χ0) is 24.6. The fourth-order valence-corrected chi connectivity index (χ4v) is 4.36. The first-order valence-electron chi connectivity index (χ1n) is 12.1. The first-order chi connectivity index (χ1) is 17.0. The van der Waals surface area contributed by atoms with Gasteiger partial charge in [-0.25, -0.2) is 0 Å². The fourth-order valence-electron chi connectivity index (χ4n) is 4.36. The minimum Gasteiger partial charge on any atom is -0.316 e. The molecular formula is C32H31NO2. The van der Waals surface area contributed by atoms with E-state index < -0.39 is 0 Å². The highest BCUT2D eigenvalue weighted by atomic mass is 16.1. The first-order valence-corrected chi connectivity index (χ1v) is 12.1. The highest BCUT2D eigenvalue weighted by Crippen LogP contribution is 2.19. The lowest BCUT2D eigenvalue weighted by Crippen LogP contribution is -2.22. The first kappa shape index (κ1) is 24.3. The van der Waals surface area contributed by atoms with Crippen LogP contribution in [0.2, 0.25) is 0 Å². The number of carbonyl (C=O) groups excluding carboxylic acids is 2. The van der Waals surface area contributed by atoms with Crippen LogP contribution in [0.1, 0.15) is 54.1 Å². The molecule has 4 aromatic rings. The van der Waals surface area contributed by atoms with Crippen LogP contribution in [-0.2, 0) is 12.8 Å². The van der Waals surface area contributed by atoms with E-state index in [0.717, 1.165) is 59.3 Å². The Morgan fingerprint density at radius 2 is 0.971 bits per heavy atom. The number of hydrogen-bond donors (Lipinski definition) is 1. The van der Waals surface area contributed by atoms with E-state index in [1.54, 1.807) is 0 Å². The van der Waals surface area contributed by atoms with Gasteiger partial charge in [-0.2, -0.15) is 0 Å². The Bertz CT molecular complexity index is 1210. The summed E-state index contributed by atoms with van der Waals surface area (Å²) in [6, 6.07) is 30.9. The van der Waals surface area contributed by atoms with Crippen LogP contribution >= 0.6 is 0 Å². The summed E-state index contributed by atoms with van der Waals surface area (Å²) in [7, 11) is 0. The minimum absolute atomic E-state index is 0.0597. The summed E-state index contributed by atoms with van der Waals surface area (Å²) >= 11 is 0. The number of hydrogen-bond acceptors (Lipinski definition) is 3. The van der Waals surface area contributed by atoms with Crippen LogP contribution in [0.15, 0.2) is 97.1 Å². The minimum atomic E-state index is 0.0597. The molecular weight excluding hydrogens is 430 g/mol. The second kappa shape index (κ2) is 11.5. The van der Waals surface area contributed by atoms with Crippen LogP contribution in [0.5, 0.6) is 0 Å². The van der Waals surface area contributed by atoms with Crippen molar-refractivity contribution in [1.29, 1.82) is 0 Å². The van der Waals surface area contributed by atoms with E-state index in [2.05, 4.69) is 31.3 Å². The fraction of sp³-hybridized carbons (Fsp3) is 0.188. The van der Waals surface area contributed by atoms with Crippen LogP contribution in [-0.4, -0.2) is 24.7 Å². The summed E-state index contributed by atoms with van der Waals surface area (Å²) < 4.78 is 0. The maximum atomic E-state index is 13.1. The van der Waals surface area contributed by atoms with Gasteiger partial charge in [-0.1, -0.05) is 108 Å². The summed E-state index contributed by atoms with van der Waals surface area (Å²) in [5.74, 6) is 0.119. The van der Waals surface area contributed by atoms with Gasteiger partial charge in [0.1, 0.15) is 0 Å².